The highest BCUT2D eigenvalue weighted by Gasteiger charge is 2.18. The summed E-state index contributed by atoms with van der Waals surface area (Å²) in [5, 5.41) is 2.82. The lowest BCUT2D eigenvalue weighted by Gasteiger charge is -2.24. The van der Waals surface area contributed by atoms with E-state index in [1.54, 1.807) is 12.1 Å². The molecule has 0 bridgehead atoms. The molecule has 6 heteroatoms. The van der Waals surface area contributed by atoms with Gasteiger partial charge in [0.05, 0.1) is 10.9 Å². The third-order valence-corrected chi connectivity index (χ3v) is 2.94. The van der Waals surface area contributed by atoms with Crippen LogP contribution in [0, 0.1) is 5.82 Å². The van der Waals surface area contributed by atoms with Crippen LogP contribution in [-0.2, 0) is 11.2 Å². The minimum atomic E-state index is -0.422. The fourth-order valence-electron chi connectivity index (χ4n) is 1.31. The van der Waals surface area contributed by atoms with Gasteiger partial charge in [-0.1, -0.05) is 6.07 Å². The number of nitrogens with two attached hydrogens (primary N) is 1. The van der Waals surface area contributed by atoms with Gasteiger partial charge in [0.15, 0.2) is 0 Å². The van der Waals surface area contributed by atoms with Crippen molar-refractivity contribution in [3.63, 3.8) is 0 Å². The van der Waals surface area contributed by atoms with Crippen molar-refractivity contribution in [2.24, 2.45) is 5.73 Å². The zero-order chi connectivity index (χ0) is 13.1. The number of hydrogen-bond donors (Lipinski definition) is 2. The van der Waals surface area contributed by atoms with Gasteiger partial charge in [0, 0.05) is 12.1 Å². The average molecular weight is 340 g/mol. The highest BCUT2D eigenvalue weighted by Crippen LogP contribution is 2.17. The number of halogens is 3. The lowest BCUT2D eigenvalue weighted by molar-refractivity contribution is -0.121. The first-order chi connectivity index (χ1) is 7.84. The van der Waals surface area contributed by atoms with E-state index in [1.807, 2.05) is 13.8 Å². The van der Waals surface area contributed by atoms with Crippen LogP contribution >= 0.6 is 28.3 Å². The summed E-state index contributed by atoms with van der Waals surface area (Å²) in [6.45, 7) is 4.07. The van der Waals surface area contributed by atoms with Crippen LogP contribution in [-0.4, -0.2) is 18.0 Å². The first-order valence-electron chi connectivity index (χ1n) is 5.29. The Hall–Kier alpha value is -0.650. The summed E-state index contributed by atoms with van der Waals surface area (Å²) >= 11 is 3.08. The van der Waals surface area contributed by atoms with Gasteiger partial charge in [-0.05, 0) is 47.5 Å². The van der Waals surface area contributed by atoms with E-state index in [0.29, 0.717) is 11.0 Å². The van der Waals surface area contributed by atoms with Crippen molar-refractivity contribution in [2.75, 3.05) is 6.54 Å². The fourth-order valence-corrected chi connectivity index (χ4v) is 1.73. The average Bonchev–Trinajstić information content (AvgIpc) is 2.23. The van der Waals surface area contributed by atoms with E-state index in [9.17, 15) is 9.18 Å². The Morgan fingerprint density at radius 3 is 2.61 bits per heavy atom. The van der Waals surface area contributed by atoms with Crippen molar-refractivity contribution in [1.29, 1.82) is 0 Å². The van der Waals surface area contributed by atoms with E-state index in [1.165, 1.54) is 6.07 Å². The second kappa shape index (κ2) is 7.07. The minimum Gasteiger partial charge on any atom is -0.350 e. The number of carbonyl (C=O) groups excluding carboxylic acids is 1. The molecule has 0 aliphatic rings. The number of carbonyl (C=O) groups is 1. The molecule has 0 aromatic heterocycles. The van der Waals surface area contributed by atoms with Gasteiger partial charge in [-0.25, -0.2) is 4.39 Å². The summed E-state index contributed by atoms with van der Waals surface area (Å²) in [4.78, 5) is 11.7. The Kier molecular flexibility index (Phi) is 6.81. The first kappa shape index (κ1) is 17.4. The van der Waals surface area contributed by atoms with Crippen molar-refractivity contribution in [1.82, 2.24) is 5.32 Å². The maximum Gasteiger partial charge on any atom is 0.224 e. The van der Waals surface area contributed by atoms with E-state index in [-0.39, 0.29) is 30.6 Å². The van der Waals surface area contributed by atoms with Gasteiger partial charge in [-0.2, -0.15) is 0 Å². The number of rotatable bonds is 4. The SMILES string of the molecule is CC(C)(CN)NC(=O)Cc1ccc(F)c(Br)c1.Cl. The molecule has 0 radical (unpaired) electrons. The zero-order valence-electron chi connectivity index (χ0n) is 10.3. The standard InChI is InChI=1S/C12H16BrFN2O.ClH/c1-12(2,7-15)16-11(17)6-8-3-4-10(14)9(13)5-8;/h3-5H,6-7,15H2,1-2H3,(H,16,17);1H. The first-order valence-corrected chi connectivity index (χ1v) is 6.08. The van der Waals surface area contributed by atoms with Gasteiger partial charge < -0.3 is 11.1 Å². The van der Waals surface area contributed by atoms with Crippen LogP contribution in [0.4, 0.5) is 4.39 Å². The van der Waals surface area contributed by atoms with E-state index >= 15 is 0 Å². The number of hydrogen-bond acceptors (Lipinski definition) is 2. The third-order valence-electron chi connectivity index (χ3n) is 2.34. The molecule has 0 unspecified atom stereocenters. The molecule has 0 spiro atoms. The molecule has 1 amide bonds. The van der Waals surface area contributed by atoms with Crippen LogP contribution in [0.15, 0.2) is 22.7 Å². The van der Waals surface area contributed by atoms with Crippen LogP contribution in [0.5, 0.6) is 0 Å². The summed E-state index contributed by atoms with van der Waals surface area (Å²) in [7, 11) is 0. The topological polar surface area (TPSA) is 55.1 Å². The van der Waals surface area contributed by atoms with E-state index in [2.05, 4.69) is 21.2 Å². The Balaban J connectivity index is 0.00000289. The molecule has 0 aliphatic carbocycles. The predicted octanol–water partition coefficient (Wildman–Crippen LogP) is 2.41. The van der Waals surface area contributed by atoms with Crippen molar-refractivity contribution >= 4 is 34.2 Å². The Bertz CT molecular complexity index is 427. The van der Waals surface area contributed by atoms with Gasteiger partial charge in [-0.3, -0.25) is 4.79 Å². The van der Waals surface area contributed by atoms with E-state index in [0.717, 1.165) is 5.56 Å². The van der Waals surface area contributed by atoms with Gasteiger partial charge in [-0.15, -0.1) is 12.4 Å². The number of amides is 1. The van der Waals surface area contributed by atoms with Crippen molar-refractivity contribution in [3.05, 3.63) is 34.1 Å². The molecule has 0 heterocycles. The van der Waals surface area contributed by atoms with E-state index in [4.69, 9.17) is 5.73 Å². The van der Waals surface area contributed by atoms with Crippen molar-refractivity contribution in [3.8, 4) is 0 Å². The summed E-state index contributed by atoms with van der Waals surface area (Å²) in [5.41, 5.74) is 5.85. The number of benzene rings is 1. The summed E-state index contributed by atoms with van der Waals surface area (Å²) in [5.74, 6) is -0.463. The van der Waals surface area contributed by atoms with E-state index < -0.39 is 5.54 Å². The second-order valence-electron chi connectivity index (χ2n) is 4.56. The van der Waals surface area contributed by atoms with Crippen LogP contribution < -0.4 is 11.1 Å². The van der Waals surface area contributed by atoms with Crippen LogP contribution in [0.3, 0.4) is 0 Å². The quantitative estimate of drug-likeness (QED) is 0.885. The molecule has 3 nitrogen and oxygen atoms in total. The Morgan fingerprint density at radius 1 is 1.50 bits per heavy atom. The summed E-state index contributed by atoms with van der Waals surface area (Å²) in [6.07, 6.45) is 0.211. The molecule has 1 rings (SSSR count). The van der Waals surface area contributed by atoms with Crippen LogP contribution in [0.2, 0.25) is 0 Å². The van der Waals surface area contributed by atoms with Gasteiger partial charge in [0.2, 0.25) is 5.91 Å². The molecule has 0 aliphatic heterocycles. The largest absolute Gasteiger partial charge is 0.350 e. The third kappa shape index (κ3) is 5.33. The highest BCUT2D eigenvalue weighted by molar-refractivity contribution is 9.10. The maximum atomic E-state index is 13.0. The van der Waals surface area contributed by atoms with Gasteiger partial charge in [0.25, 0.3) is 0 Å². The predicted molar refractivity (Wildman–Crippen MR) is 76.3 cm³/mol. The second-order valence-corrected chi connectivity index (χ2v) is 5.42. The van der Waals surface area contributed by atoms with Crippen LogP contribution in [0.25, 0.3) is 0 Å². The molecule has 0 saturated carbocycles. The number of nitrogens with one attached hydrogen (secondary N) is 1. The molecule has 18 heavy (non-hydrogen) atoms. The summed E-state index contributed by atoms with van der Waals surface area (Å²) in [6, 6.07) is 4.53. The minimum absolute atomic E-state index is 0. The van der Waals surface area contributed by atoms with Crippen LogP contribution in [0.1, 0.15) is 19.4 Å². The molecule has 1 aromatic rings. The normalized spacial score (nSPS) is 10.7. The molecule has 0 saturated heterocycles. The maximum absolute atomic E-state index is 13.0. The zero-order valence-corrected chi connectivity index (χ0v) is 12.7. The molecule has 102 valence electrons. The smallest absolute Gasteiger partial charge is 0.224 e. The Labute approximate surface area is 121 Å². The molecular formula is C12H17BrClFN2O. The molecular weight excluding hydrogens is 322 g/mol. The molecule has 0 fully saturated rings. The molecule has 0 atom stereocenters. The van der Waals surface area contributed by atoms with Gasteiger partial charge in [0.1, 0.15) is 5.82 Å². The lowest BCUT2D eigenvalue weighted by atomic mass is 10.1. The highest BCUT2D eigenvalue weighted by atomic mass is 79.9. The van der Waals surface area contributed by atoms with Crippen molar-refractivity contribution < 1.29 is 9.18 Å². The van der Waals surface area contributed by atoms with Gasteiger partial charge >= 0.3 is 0 Å². The fraction of sp³-hybridized carbons (Fsp3) is 0.417. The lowest BCUT2D eigenvalue weighted by Crippen LogP contribution is -2.49. The van der Waals surface area contributed by atoms with Crippen molar-refractivity contribution in [2.45, 2.75) is 25.8 Å². The monoisotopic (exact) mass is 338 g/mol. The molecule has 3 N–H and O–H groups in total. The summed E-state index contributed by atoms with van der Waals surface area (Å²) < 4.78 is 13.4. The molecule has 1 aromatic carbocycles. The Morgan fingerprint density at radius 2 is 2.11 bits per heavy atom.